The molecule has 100 valence electrons. The smallest absolute Gasteiger partial charge is 0.296 e. The molecular formula is C11H15NO5S. The quantitative estimate of drug-likeness (QED) is 0.620. The van der Waals surface area contributed by atoms with E-state index in [1.807, 2.05) is 13.8 Å². The number of carbonyl (C=O) groups is 1. The molecule has 0 aromatic heterocycles. The maximum absolute atomic E-state index is 11.3. The summed E-state index contributed by atoms with van der Waals surface area (Å²) in [6.07, 6.45) is 0.329. The average Bonchev–Trinajstić information content (AvgIpc) is 2.29. The Morgan fingerprint density at radius 3 is 2.22 bits per heavy atom. The molecule has 0 heterocycles. The number of anilines is 1. The number of benzene rings is 1. The van der Waals surface area contributed by atoms with Gasteiger partial charge in [-0.3, -0.25) is 9.35 Å². The fraction of sp³-hybridized carbons (Fsp3) is 0.364. The highest BCUT2D eigenvalue weighted by Gasteiger charge is 2.21. The van der Waals surface area contributed by atoms with Gasteiger partial charge < -0.3 is 10.0 Å². The SMILES string of the molecule is CCN(CC)c1cc(O)c(C=O)cc1S(=O)(=O)O. The Labute approximate surface area is 106 Å². The number of carbonyl (C=O) groups excluding carboxylic acids is 1. The third-order valence-electron chi connectivity index (χ3n) is 2.62. The molecule has 2 N–H and O–H groups in total. The van der Waals surface area contributed by atoms with Crippen LogP contribution in [0.2, 0.25) is 0 Å². The number of aldehydes is 1. The van der Waals surface area contributed by atoms with Crippen LogP contribution in [0.4, 0.5) is 5.69 Å². The first-order valence-corrected chi connectivity index (χ1v) is 6.83. The van der Waals surface area contributed by atoms with Gasteiger partial charge in [-0.15, -0.1) is 0 Å². The van der Waals surface area contributed by atoms with Crippen molar-refractivity contribution in [3.8, 4) is 5.75 Å². The normalized spacial score (nSPS) is 11.3. The first-order chi connectivity index (χ1) is 8.35. The van der Waals surface area contributed by atoms with E-state index in [2.05, 4.69) is 0 Å². The molecule has 0 fully saturated rings. The van der Waals surface area contributed by atoms with Crippen LogP contribution in [0.25, 0.3) is 0 Å². The van der Waals surface area contributed by atoms with E-state index in [0.29, 0.717) is 19.4 Å². The molecule has 0 spiro atoms. The van der Waals surface area contributed by atoms with Crippen LogP contribution in [-0.4, -0.2) is 37.5 Å². The Morgan fingerprint density at radius 1 is 1.28 bits per heavy atom. The standard InChI is InChI=1S/C11H15NO5S/c1-3-12(4-2)9-6-10(14)8(7-13)5-11(9)18(15,16)17/h5-7,14H,3-4H2,1-2H3,(H,15,16,17). The number of rotatable bonds is 5. The van der Waals surface area contributed by atoms with Crippen LogP contribution < -0.4 is 4.90 Å². The zero-order chi connectivity index (χ0) is 13.9. The predicted molar refractivity (Wildman–Crippen MR) is 66.9 cm³/mol. The van der Waals surface area contributed by atoms with Gasteiger partial charge in [-0.2, -0.15) is 8.42 Å². The van der Waals surface area contributed by atoms with Gasteiger partial charge in [0.25, 0.3) is 10.1 Å². The van der Waals surface area contributed by atoms with E-state index in [0.717, 1.165) is 6.07 Å². The molecule has 0 saturated carbocycles. The van der Waals surface area contributed by atoms with Gasteiger partial charge in [-0.1, -0.05) is 0 Å². The summed E-state index contributed by atoms with van der Waals surface area (Å²) in [7, 11) is -4.46. The van der Waals surface area contributed by atoms with Crippen molar-refractivity contribution >= 4 is 22.1 Å². The predicted octanol–water partition coefficient (Wildman–Crippen LogP) is 1.30. The second kappa shape index (κ2) is 5.36. The molecule has 0 aliphatic carbocycles. The lowest BCUT2D eigenvalue weighted by molar-refractivity contribution is 0.112. The largest absolute Gasteiger partial charge is 0.507 e. The van der Waals surface area contributed by atoms with Crippen molar-refractivity contribution in [3.05, 3.63) is 17.7 Å². The number of aromatic hydroxyl groups is 1. The molecule has 7 heteroatoms. The summed E-state index contributed by atoms with van der Waals surface area (Å²) in [6, 6.07) is 2.13. The van der Waals surface area contributed by atoms with Crippen molar-refractivity contribution < 1.29 is 22.9 Å². The summed E-state index contributed by atoms with van der Waals surface area (Å²) < 4.78 is 31.8. The zero-order valence-corrected chi connectivity index (χ0v) is 10.9. The number of phenolic OH excluding ortho intramolecular Hbond substituents is 1. The Kier molecular flexibility index (Phi) is 4.31. The number of nitrogens with zero attached hydrogens (tertiary/aromatic N) is 1. The topological polar surface area (TPSA) is 94.9 Å². The van der Waals surface area contributed by atoms with Gasteiger partial charge in [0.05, 0.1) is 11.3 Å². The number of hydrogen-bond donors (Lipinski definition) is 2. The number of phenols is 1. The first kappa shape index (κ1) is 14.5. The first-order valence-electron chi connectivity index (χ1n) is 5.39. The van der Waals surface area contributed by atoms with Gasteiger partial charge in [0, 0.05) is 19.2 Å². The van der Waals surface area contributed by atoms with E-state index in [9.17, 15) is 18.3 Å². The molecule has 1 aromatic carbocycles. The van der Waals surface area contributed by atoms with Gasteiger partial charge in [0.1, 0.15) is 10.6 Å². The lowest BCUT2D eigenvalue weighted by atomic mass is 10.2. The van der Waals surface area contributed by atoms with Gasteiger partial charge in [-0.25, -0.2) is 0 Å². The van der Waals surface area contributed by atoms with Gasteiger partial charge in [0.2, 0.25) is 0 Å². The monoisotopic (exact) mass is 273 g/mol. The van der Waals surface area contributed by atoms with Crippen LogP contribution >= 0.6 is 0 Å². The van der Waals surface area contributed by atoms with Crippen molar-refractivity contribution in [3.63, 3.8) is 0 Å². The Bertz CT molecular complexity index is 549. The molecule has 0 bridgehead atoms. The maximum Gasteiger partial charge on any atom is 0.296 e. The summed E-state index contributed by atoms with van der Waals surface area (Å²) in [5.74, 6) is -0.320. The van der Waals surface area contributed by atoms with E-state index >= 15 is 0 Å². The maximum atomic E-state index is 11.3. The summed E-state index contributed by atoms with van der Waals surface area (Å²) in [4.78, 5) is 11.9. The molecule has 0 amide bonds. The van der Waals surface area contributed by atoms with E-state index in [-0.39, 0.29) is 21.9 Å². The lowest BCUT2D eigenvalue weighted by Crippen LogP contribution is -2.24. The minimum atomic E-state index is -4.46. The molecule has 0 radical (unpaired) electrons. The second-order valence-corrected chi connectivity index (χ2v) is 5.03. The van der Waals surface area contributed by atoms with E-state index in [4.69, 9.17) is 4.55 Å². The molecule has 0 saturated heterocycles. The lowest BCUT2D eigenvalue weighted by Gasteiger charge is -2.23. The van der Waals surface area contributed by atoms with E-state index in [1.54, 1.807) is 4.90 Å². The van der Waals surface area contributed by atoms with Gasteiger partial charge >= 0.3 is 0 Å². The Hall–Kier alpha value is -1.60. The zero-order valence-electron chi connectivity index (χ0n) is 10.1. The molecule has 0 unspecified atom stereocenters. The summed E-state index contributed by atoms with van der Waals surface area (Å²) >= 11 is 0. The number of hydrogen-bond acceptors (Lipinski definition) is 5. The van der Waals surface area contributed by atoms with E-state index in [1.165, 1.54) is 6.07 Å². The van der Waals surface area contributed by atoms with Crippen molar-refractivity contribution in [2.45, 2.75) is 18.7 Å². The Balaban J connectivity index is 3.58. The summed E-state index contributed by atoms with van der Waals surface area (Å²) in [6.45, 7) is 4.61. The van der Waals surface area contributed by atoms with Crippen LogP contribution in [0.3, 0.4) is 0 Å². The van der Waals surface area contributed by atoms with Crippen LogP contribution in [0.5, 0.6) is 5.75 Å². The second-order valence-electron chi connectivity index (χ2n) is 3.64. The summed E-state index contributed by atoms with van der Waals surface area (Å²) in [5.41, 5.74) is -0.0101. The van der Waals surface area contributed by atoms with Gasteiger partial charge in [-0.05, 0) is 19.9 Å². The third kappa shape index (κ3) is 2.80. The Morgan fingerprint density at radius 2 is 1.83 bits per heavy atom. The molecular weight excluding hydrogens is 258 g/mol. The van der Waals surface area contributed by atoms with Crippen LogP contribution in [0.15, 0.2) is 17.0 Å². The highest BCUT2D eigenvalue weighted by molar-refractivity contribution is 7.86. The van der Waals surface area contributed by atoms with Gasteiger partial charge in [0.15, 0.2) is 6.29 Å². The minimum absolute atomic E-state index is 0.172. The van der Waals surface area contributed by atoms with Crippen molar-refractivity contribution in [1.29, 1.82) is 0 Å². The minimum Gasteiger partial charge on any atom is -0.507 e. The fourth-order valence-electron chi connectivity index (χ4n) is 1.69. The third-order valence-corrected chi connectivity index (χ3v) is 3.50. The molecule has 6 nitrogen and oxygen atoms in total. The summed E-state index contributed by atoms with van der Waals surface area (Å²) in [5, 5.41) is 9.59. The average molecular weight is 273 g/mol. The van der Waals surface area contributed by atoms with Crippen LogP contribution in [0.1, 0.15) is 24.2 Å². The highest BCUT2D eigenvalue weighted by Crippen LogP contribution is 2.31. The van der Waals surface area contributed by atoms with Crippen molar-refractivity contribution in [2.75, 3.05) is 18.0 Å². The molecule has 0 aliphatic rings. The van der Waals surface area contributed by atoms with E-state index < -0.39 is 10.1 Å². The molecule has 0 aliphatic heterocycles. The van der Waals surface area contributed by atoms with Crippen molar-refractivity contribution in [2.24, 2.45) is 0 Å². The van der Waals surface area contributed by atoms with Crippen LogP contribution in [0, 0.1) is 0 Å². The fourth-order valence-corrected chi connectivity index (χ4v) is 2.41. The molecule has 18 heavy (non-hydrogen) atoms. The molecule has 0 atom stereocenters. The molecule has 1 aromatic rings. The van der Waals surface area contributed by atoms with Crippen LogP contribution in [-0.2, 0) is 10.1 Å². The van der Waals surface area contributed by atoms with Crippen molar-refractivity contribution in [1.82, 2.24) is 0 Å². The molecule has 1 rings (SSSR count). The highest BCUT2D eigenvalue weighted by atomic mass is 32.2.